The summed E-state index contributed by atoms with van der Waals surface area (Å²) in [5.41, 5.74) is 1.94. The van der Waals surface area contributed by atoms with Gasteiger partial charge in [0.25, 0.3) is 5.91 Å². The number of amides is 1. The molecule has 1 fully saturated rings. The van der Waals surface area contributed by atoms with Gasteiger partial charge in [-0.3, -0.25) is 4.79 Å². The number of rotatable bonds is 5. The van der Waals surface area contributed by atoms with Crippen LogP contribution in [0.3, 0.4) is 0 Å². The number of nitrogens with one attached hydrogen (secondary N) is 2. The van der Waals surface area contributed by atoms with Gasteiger partial charge in [-0.25, -0.2) is 4.39 Å². The molecular formula is C18H21FN2OS. The third kappa shape index (κ3) is 3.98. The molecule has 3 rings (SSSR count). The Kier molecular flexibility index (Phi) is 5.08. The van der Waals surface area contributed by atoms with Crippen LogP contribution < -0.4 is 10.6 Å². The average molecular weight is 332 g/mol. The van der Waals surface area contributed by atoms with E-state index in [1.165, 1.54) is 29.9 Å². The van der Waals surface area contributed by atoms with Crippen LogP contribution in [0.5, 0.6) is 0 Å². The van der Waals surface area contributed by atoms with Crippen LogP contribution in [-0.2, 0) is 0 Å². The lowest BCUT2D eigenvalue weighted by molar-refractivity contribution is 0.0955. The number of thiophene rings is 1. The summed E-state index contributed by atoms with van der Waals surface area (Å²) >= 11 is 1.49. The van der Waals surface area contributed by atoms with E-state index < -0.39 is 0 Å². The SMILES string of the molecule is Cc1sc(C(=O)NCCC2CCNC2)cc1-c1ccc(F)cc1. The van der Waals surface area contributed by atoms with Gasteiger partial charge in [0, 0.05) is 11.4 Å². The Bertz CT molecular complexity index is 675. The van der Waals surface area contributed by atoms with Crippen molar-refractivity contribution in [3.05, 3.63) is 45.9 Å². The fourth-order valence-electron chi connectivity index (χ4n) is 2.95. The van der Waals surface area contributed by atoms with Gasteiger partial charge in [0.1, 0.15) is 5.82 Å². The van der Waals surface area contributed by atoms with Crippen molar-refractivity contribution in [2.45, 2.75) is 19.8 Å². The molecular weight excluding hydrogens is 311 g/mol. The van der Waals surface area contributed by atoms with E-state index >= 15 is 0 Å². The highest BCUT2D eigenvalue weighted by Crippen LogP contribution is 2.31. The van der Waals surface area contributed by atoms with Gasteiger partial charge in [0.15, 0.2) is 0 Å². The van der Waals surface area contributed by atoms with Crippen LogP contribution in [0, 0.1) is 18.7 Å². The number of halogens is 1. The zero-order valence-electron chi connectivity index (χ0n) is 13.2. The second kappa shape index (κ2) is 7.23. The van der Waals surface area contributed by atoms with Gasteiger partial charge in [-0.15, -0.1) is 11.3 Å². The quantitative estimate of drug-likeness (QED) is 0.878. The van der Waals surface area contributed by atoms with Gasteiger partial charge < -0.3 is 10.6 Å². The van der Waals surface area contributed by atoms with Crippen molar-refractivity contribution in [3.63, 3.8) is 0 Å². The van der Waals surface area contributed by atoms with Gasteiger partial charge in [-0.05, 0) is 68.1 Å². The van der Waals surface area contributed by atoms with E-state index in [9.17, 15) is 9.18 Å². The van der Waals surface area contributed by atoms with Crippen molar-refractivity contribution in [3.8, 4) is 11.1 Å². The number of hydrogen-bond donors (Lipinski definition) is 2. The van der Waals surface area contributed by atoms with Crippen molar-refractivity contribution in [1.29, 1.82) is 0 Å². The van der Waals surface area contributed by atoms with E-state index in [2.05, 4.69) is 10.6 Å². The van der Waals surface area contributed by atoms with Crippen molar-refractivity contribution >= 4 is 17.2 Å². The van der Waals surface area contributed by atoms with Crippen LogP contribution >= 0.6 is 11.3 Å². The Morgan fingerprint density at radius 1 is 1.39 bits per heavy atom. The third-order valence-electron chi connectivity index (χ3n) is 4.30. The molecule has 0 bridgehead atoms. The third-order valence-corrected chi connectivity index (χ3v) is 5.35. The Morgan fingerprint density at radius 2 is 2.17 bits per heavy atom. The van der Waals surface area contributed by atoms with E-state index in [1.54, 1.807) is 12.1 Å². The number of aryl methyl sites for hydroxylation is 1. The fraction of sp³-hybridized carbons (Fsp3) is 0.389. The van der Waals surface area contributed by atoms with Gasteiger partial charge >= 0.3 is 0 Å². The van der Waals surface area contributed by atoms with Gasteiger partial charge in [0.2, 0.25) is 0 Å². The van der Waals surface area contributed by atoms with E-state index in [1.807, 2.05) is 13.0 Å². The second-order valence-electron chi connectivity index (χ2n) is 5.99. The minimum atomic E-state index is -0.249. The maximum absolute atomic E-state index is 13.0. The van der Waals surface area contributed by atoms with E-state index in [-0.39, 0.29) is 11.7 Å². The first-order valence-electron chi connectivity index (χ1n) is 7.99. The smallest absolute Gasteiger partial charge is 0.261 e. The van der Waals surface area contributed by atoms with Crippen molar-refractivity contribution in [2.24, 2.45) is 5.92 Å². The summed E-state index contributed by atoms with van der Waals surface area (Å²) in [7, 11) is 0. The zero-order valence-corrected chi connectivity index (χ0v) is 14.0. The first kappa shape index (κ1) is 16.1. The Morgan fingerprint density at radius 3 is 2.87 bits per heavy atom. The molecule has 2 N–H and O–H groups in total. The van der Waals surface area contributed by atoms with Crippen LogP contribution in [-0.4, -0.2) is 25.5 Å². The molecule has 122 valence electrons. The second-order valence-corrected chi connectivity index (χ2v) is 7.25. The molecule has 1 unspecified atom stereocenters. The molecule has 0 saturated carbocycles. The minimum absolute atomic E-state index is 0.0163. The standard InChI is InChI=1S/C18H21FN2OS/c1-12-16(14-2-4-15(19)5-3-14)10-17(23-12)18(22)21-9-7-13-6-8-20-11-13/h2-5,10,13,20H,6-9,11H2,1H3,(H,21,22). The van der Waals surface area contributed by atoms with Crippen molar-refractivity contribution in [2.75, 3.05) is 19.6 Å². The number of benzene rings is 1. The minimum Gasteiger partial charge on any atom is -0.351 e. The van der Waals surface area contributed by atoms with E-state index in [0.717, 1.165) is 35.5 Å². The molecule has 0 spiro atoms. The molecule has 1 aliphatic rings. The summed E-state index contributed by atoms with van der Waals surface area (Å²) in [6.45, 7) is 4.85. The predicted octanol–water partition coefficient (Wildman–Crippen LogP) is 3.59. The number of hydrogen-bond acceptors (Lipinski definition) is 3. The summed E-state index contributed by atoms with van der Waals surface area (Å²) in [6, 6.07) is 8.29. The van der Waals surface area contributed by atoms with Gasteiger partial charge in [-0.2, -0.15) is 0 Å². The lowest BCUT2D eigenvalue weighted by Gasteiger charge is -2.08. The number of carbonyl (C=O) groups excluding carboxylic acids is 1. The molecule has 1 aromatic heterocycles. The molecule has 1 aliphatic heterocycles. The zero-order chi connectivity index (χ0) is 16.2. The largest absolute Gasteiger partial charge is 0.351 e. The van der Waals surface area contributed by atoms with Crippen LogP contribution in [0.25, 0.3) is 11.1 Å². The topological polar surface area (TPSA) is 41.1 Å². The maximum Gasteiger partial charge on any atom is 0.261 e. The molecule has 2 heterocycles. The van der Waals surface area contributed by atoms with Crippen LogP contribution in [0.4, 0.5) is 4.39 Å². The van der Waals surface area contributed by atoms with E-state index in [0.29, 0.717) is 17.3 Å². The average Bonchev–Trinajstić information content (AvgIpc) is 3.18. The molecule has 1 atom stereocenters. The molecule has 1 aromatic carbocycles. The highest BCUT2D eigenvalue weighted by molar-refractivity contribution is 7.14. The Hall–Kier alpha value is -1.72. The molecule has 1 amide bonds. The molecule has 0 radical (unpaired) electrons. The Balaban J connectivity index is 1.62. The summed E-state index contributed by atoms with van der Waals surface area (Å²) in [6.07, 6.45) is 2.22. The van der Waals surface area contributed by atoms with Crippen LogP contribution in [0.1, 0.15) is 27.4 Å². The summed E-state index contributed by atoms with van der Waals surface area (Å²) in [4.78, 5) is 14.1. The summed E-state index contributed by atoms with van der Waals surface area (Å²) in [5, 5.41) is 6.35. The lowest BCUT2D eigenvalue weighted by atomic mass is 10.1. The molecule has 0 aliphatic carbocycles. The van der Waals surface area contributed by atoms with Crippen molar-refractivity contribution in [1.82, 2.24) is 10.6 Å². The normalized spacial score (nSPS) is 17.4. The molecule has 3 nitrogen and oxygen atoms in total. The van der Waals surface area contributed by atoms with Crippen LogP contribution in [0.15, 0.2) is 30.3 Å². The summed E-state index contributed by atoms with van der Waals surface area (Å²) in [5.74, 6) is 0.411. The van der Waals surface area contributed by atoms with Crippen LogP contribution in [0.2, 0.25) is 0 Å². The summed E-state index contributed by atoms with van der Waals surface area (Å²) < 4.78 is 13.0. The highest BCUT2D eigenvalue weighted by atomic mass is 32.1. The molecule has 23 heavy (non-hydrogen) atoms. The predicted molar refractivity (Wildman–Crippen MR) is 92.4 cm³/mol. The van der Waals surface area contributed by atoms with Gasteiger partial charge in [0.05, 0.1) is 4.88 Å². The molecule has 1 saturated heterocycles. The highest BCUT2D eigenvalue weighted by Gasteiger charge is 2.16. The molecule has 5 heteroatoms. The van der Waals surface area contributed by atoms with E-state index in [4.69, 9.17) is 0 Å². The Labute approximate surface area is 139 Å². The first-order chi connectivity index (χ1) is 11.1. The maximum atomic E-state index is 13.0. The number of carbonyl (C=O) groups is 1. The fourth-order valence-corrected chi connectivity index (χ4v) is 3.91. The lowest BCUT2D eigenvalue weighted by Crippen LogP contribution is -2.25. The van der Waals surface area contributed by atoms with Gasteiger partial charge in [-0.1, -0.05) is 12.1 Å². The van der Waals surface area contributed by atoms with Crippen molar-refractivity contribution < 1.29 is 9.18 Å². The molecule has 2 aromatic rings. The first-order valence-corrected chi connectivity index (χ1v) is 8.80. The monoisotopic (exact) mass is 332 g/mol.